The van der Waals surface area contributed by atoms with E-state index < -0.39 is 5.82 Å². The van der Waals surface area contributed by atoms with E-state index in [4.69, 9.17) is 9.68 Å². The van der Waals surface area contributed by atoms with Crippen LogP contribution in [-0.2, 0) is 6.54 Å². The molecule has 6 heteroatoms. The van der Waals surface area contributed by atoms with Crippen LogP contribution in [0.2, 0.25) is 0 Å². The molecule has 0 fully saturated rings. The van der Waals surface area contributed by atoms with Gasteiger partial charge in [-0.05, 0) is 40.2 Å². The number of rotatable bonds is 5. The second kappa shape index (κ2) is 7.04. The molecule has 0 bridgehead atoms. The van der Waals surface area contributed by atoms with E-state index in [1.807, 2.05) is 6.07 Å². The zero-order valence-corrected chi connectivity index (χ0v) is 12.6. The van der Waals surface area contributed by atoms with Crippen LogP contribution in [0.1, 0.15) is 22.5 Å². The molecule has 0 unspecified atom stereocenters. The lowest BCUT2D eigenvalue weighted by atomic mass is 10.2. The van der Waals surface area contributed by atoms with Crippen LogP contribution in [-0.4, -0.2) is 17.4 Å². The summed E-state index contributed by atoms with van der Waals surface area (Å²) in [5.41, 5.74) is 0.222. The lowest BCUT2D eigenvalue weighted by molar-refractivity contribution is 0.0734. The number of hydrogen-bond donors (Lipinski definition) is 0. The number of amides is 1. The number of carbonyl (C=O) groups is 1. The average Bonchev–Trinajstić information content (AvgIpc) is 2.98. The fraction of sp³-hybridized carbons (Fsp3) is 0.200. The largest absolute Gasteiger partial charge is 0.467 e. The van der Waals surface area contributed by atoms with Crippen LogP contribution in [0.4, 0.5) is 4.39 Å². The normalized spacial score (nSPS) is 10.1. The first kappa shape index (κ1) is 15.3. The van der Waals surface area contributed by atoms with Gasteiger partial charge in [-0.2, -0.15) is 5.26 Å². The first-order valence-corrected chi connectivity index (χ1v) is 7.05. The summed E-state index contributed by atoms with van der Waals surface area (Å²) in [6, 6.07) is 9.75. The maximum atomic E-state index is 13.5. The molecule has 4 nitrogen and oxygen atoms in total. The molecule has 2 aromatic rings. The van der Waals surface area contributed by atoms with Crippen molar-refractivity contribution < 1.29 is 13.6 Å². The summed E-state index contributed by atoms with van der Waals surface area (Å²) in [6.07, 6.45) is 1.71. The van der Waals surface area contributed by atoms with E-state index in [1.54, 1.807) is 12.1 Å². The molecule has 2 rings (SSSR count). The third-order valence-electron chi connectivity index (χ3n) is 2.89. The number of furan rings is 1. The highest BCUT2D eigenvalue weighted by Crippen LogP contribution is 2.22. The van der Waals surface area contributed by atoms with E-state index in [9.17, 15) is 9.18 Å². The molecule has 0 saturated carbocycles. The van der Waals surface area contributed by atoms with E-state index in [-0.39, 0.29) is 35.5 Å². The summed E-state index contributed by atoms with van der Waals surface area (Å²) >= 11 is 3.08. The zero-order valence-electron chi connectivity index (χ0n) is 11.1. The standard InChI is InChI=1S/C15H12BrFN2O2/c16-14-12(5-1-6-13(14)17)15(20)19(8-3-7-18)10-11-4-2-9-21-11/h1-2,4-6,9H,3,8,10H2. The molecule has 0 atom stereocenters. The van der Waals surface area contributed by atoms with Crippen molar-refractivity contribution in [2.75, 3.05) is 6.54 Å². The Kier molecular flexibility index (Phi) is 5.12. The number of nitrogens with zero attached hydrogens (tertiary/aromatic N) is 2. The smallest absolute Gasteiger partial charge is 0.255 e. The predicted octanol–water partition coefficient (Wildman–Crippen LogP) is 3.74. The van der Waals surface area contributed by atoms with Crippen molar-refractivity contribution in [3.8, 4) is 6.07 Å². The molecule has 0 spiro atoms. The molecular weight excluding hydrogens is 339 g/mol. The Morgan fingerprint density at radius 1 is 1.38 bits per heavy atom. The fourth-order valence-corrected chi connectivity index (χ4v) is 2.30. The number of hydrogen-bond acceptors (Lipinski definition) is 3. The summed E-state index contributed by atoms with van der Waals surface area (Å²) in [4.78, 5) is 14.0. The van der Waals surface area contributed by atoms with Crippen LogP contribution in [0.15, 0.2) is 45.5 Å². The molecule has 108 valence electrons. The van der Waals surface area contributed by atoms with Crippen molar-refractivity contribution in [1.29, 1.82) is 5.26 Å². The van der Waals surface area contributed by atoms with E-state index in [0.29, 0.717) is 5.76 Å². The lowest BCUT2D eigenvalue weighted by Crippen LogP contribution is -2.31. The zero-order chi connectivity index (χ0) is 15.2. The van der Waals surface area contributed by atoms with Gasteiger partial charge < -0.3 is 9.32 Å². The van der Waals surface area contributed by atoms with Gasteiger partial charge in [0.15, 0.2) is 0 Å². The number of nitriles is 1. The molecule has 1 aromatic carbocycles. The second-order valence-electron chi connectivity index (χ2n) is 4.32. The van der Waals surface area contributed by atoms with E-state index in [2.05, 4.69) is 15.9 Å². The van der Waals surface area contributed by atoms with Gasteiger partial charge in [-0.15, -0.1) is 0 Å². The van der Waals surface area contributed by atoms with Gasteiger partial charge in [0, 0.05) is 6.54 Å². The number of halogens is 2. The van der Waals surface area contributed by atoms with Gasteiger partial charge in [0.2, 0.25) is 0 Å². The van der Waals surface area contributed by atoms with Gasteiger partial charge in [0.1, 0.15) is 11.6 Å². The van der Waals surface area contributed by atoms with E-state index >= 15 is 0 Å². The highest BCUT2D eigenvalue weighted by atomic mass is 79.9. The quantitative estimate of drug-likeness (QED) is 0.825. The first-order chi connectivity index (χ1) is 10.1. The molecule has 0 saturated heterocycles. The second-order valence-corrected chi connectivity index (χ2v) is 5.11. The molecule has 0 aliphatic heterocycles. The van der Waals surface area contributed by atoms with Crippen LogP contribution >= 0.6 is 15.9 Å². The molecule has 0 aliphatic rings. The molecule has 21 heavy (non-hydrogen) atoms. The van der Waals surface area contributed by atoms with Crippen LogP contribution in [0.5, 0.6) is 0 Å². The predicted molar refractivity (Wildman–Crippen MR) is 77.8 cm³/mol. The highest BCUT2D eigenvalue weighted by Gasteiger charge is 2.20. The Morgan fingerprint density at radius 2 is 2.19 bits per heavy atom. The van der Waals surface area contributed by atoms with Crippen molar-refractivity contribution in [3.05, 3.63) is 58.2 Å². The molecular formula is C15H12BrFN2O2. The molecule has 1 aromatic heterocycles. The molecule has 0 N–H and O–H groups in total. The van der Waals surface area contributed by atoms with Crippen molar-refractivity contribution >= 4 is 21.8 Å². The minimum Gasteiger partial charge on any atom is -0.467 e. The fourth-order valence-electron chi connectivity index (χ4n) is 1.87. The van der Waals surface area contributed by atoms with Gasteiger partial charge in [0.25, 0.3) is 5.91 Å². The van der Waals surface area contributed by atoms with Gasteiger partial charge in [0.05, 0.1) is 35.3 Å². The lowest BCUT2D eigenvalue weighted by Gasteiger charge is -2.21. The van der Waals surface area contributed by atoms with Crippen molar-refractivity contribution in [2.24, 2.45) is 0 Å². The maximum Gasteiger partial charge on any atom is 0.255 e. The van der Waals surface area contributed by atoms with Crippen molar-refractivity contribution in [1.82, 2.24) is 4.90 Å². The van der Waals surface area contributed by atoms with Crippen LogP contribution in [0.25, 0.3) is 0 Å². The van der Waals surface area contributed by atoms with Crippen molar-refractivity contribution in [2.45, 2.75) is 13.0 Å². The average molecular weight is 351 g/mol. The number of benzene rings is 1. The van der Waals surface area contributed by atoms with E-state index in [0.717, 1.165) is 0 Å². The van der Waals surface area contributed by atoms with Crippen LogP contribution < -0.4 is 0 Å². The van der Waals surface area contributed by atoms with Gasteiger partial charge in [-0.3, -0.25) is 4.79 Å². The Hall–Kier alpha value is -2.13. The van der Waals surface area contributed by atoms with Gasteiger partial charge in [-0.25, -0.2) is 4.39 Å². The maximum absolute atomic E-state index is 13.5. The third-order valence-corrected chi connectivity index (χ3v) is 3.70. The molecule has 0 radical (unpaired) electrons. The summed E-state index contributed by atoms with van der Waals surface area (Å²) in [7, 11) is 0. The van der Waals surface area contributed by atoms with Crippen molar-refractivity contribution in [3.63, 3.8) is 0 Å². The van der Waals surface area contributed by atoms with E-state index in [1.165, 1.54) is 29.4 Å². The first-order valence-electron chi connectivity index (χ1n) is 6.26. The minimum atomic E-state index is -0.501. The van der Waals surface area contributed by atoms with Crippen LogP contribution in [0, 0.1) is 17.1 Å². The number of carbonyl (C=O) groups excluding carboxylic acids is 1. The Bertz CT molecular complexity index is 665. The Morgan fingerprint density at radius 3 is 2.86 bits per heavy atom. The van der Waals surface area contributed by atoms with Gasteiger partial charge >= 0.3 is 0 Å². The molecule has 0 aliphatic carbocycles. The SMILES string of the molecule is N#CCCN(Cc1ccco1)C(=O)c1cccc(F)c1Br. The Labute approximate surface area is 129 Å². The third kappa shape index (κ3) is 3.70. The topological polar surface area (TPSA) is 57.2 Å². The van der Waals surface area contributed by atoms with Gasteiger partial charge in [-0.1, -0.05) is 6.07 Å². The molecule has 1 heterocycles. The van der Waals surface area contributed by atoms with Crippen LogP contribution in [0.3, 0.4) is 0 Å². The summed E-state index contributed by atoms with van der Waals surface area (Å²) < 4.78 is 18.9. The highest BCUT2D eigenvalue weighted by molar-refractivity contribution is 9.10. The minimum absolute atomic E-state index is 0.122. The summed E-state index contributed by atoms with van der Waals surface area (Å²) in [5, 5.41) is 8.71. The molecule has 1 amide bonds. The summed E-state index contributed by atoms with van der Waals surface area (Å²) in [6.45, 7) is 0.482. The Balaban J connectivity index is 2.25. The summed E-state index contributed by atoms with van der Waals surface area (Å²) in [5.74, 6) is -0.249. The monoisotopic (exact) mass is 350 g/mol.